The van der Waals surface area contributed by atoms with Crippen LogP contribution in [0.1, 0.15) is 57.8 Å². The van der Waals surface area contributed by atoms with Gasteiger partial charge in [-0.2, -0.15) is 0 Å². The van der Waals surface area contributed by atoms with Crippen molar-refractivity contribution in [3.63, 3.8) is 0 Å². The predicted octanol–water partition coefficient (Wildman–Crippen LogP) is 2.08. The Bertz CT molecular complexity index is 389. The molecule has 0 bridgehead atoms. The van der Waals surface area contributed by atoms with Crippen molar-refractivity contribution >= 4 is 24.2 Å². The molecule has 2 rings (SSSR count). The van der Waals surface area contributed by atoms with Gasteiger partial charge in [-0.15, -0.1) is 12.4 Å². The topological polar surface area (TPSA) is 75.4 Å². The summed E-state index contributed by atoms with van der Waals surface area (Å²) in [5.74, 6) is 0.793. The van der Waals surface area contributed by atoms with Gasteiger partial charge in [-0.05, 0) is 43.6 Å². The lowest BCUT2D eigenvalue weighted by atomic mass is 9.71. The minimum atomic E-state index is 0. The number of halogens is 1. The van der Waals surface area contributed by atoms with E-state index in [0.29, 0.717) is 25.3 Å². The fourth-order valence-electron chi connectivity index (χ4n) is 3.94. The molecular formula is C17H32ClN3O2. The van der Waals surface area contributed by atoms with E-state index in [-0.39, 0.29) is 29.6 Å². The Kier molecular flexibility index (Phi) is 8.34. The first-order chi connectivity index (χ1) is 10.6. The Morgan fingerprint density at radius 2 is 1.78 bits per heavy atom. The van der Waals surface area contributed by atoms with E-state index in [1.54, 1.807) is 7.05 Å². The summed E-state index contributed by atoms with van der Waals surface area (Å²) < 4.78 is 0. The van der Waals surface area contributed by atoms with Gasteiger partial charge in [0.2, 0.25) is 11.8 Å². The average molecular weight is 346 g/mol. The molecule has 1 heterocycles. The van der Waals surface area contributed by atoms with Crippen LogP contribution in [0.3, 0.4) is 0 Å². The molecule has 5 nitrogen and oxygen atoms in total. The molecule has 6 heteroatoms. The largest absolute Gasteiger partial charge is 0.359 e. The van der Waals surface area contributed by atoms with Crippen molar-refractivity contribution in [3.05, 3.63) is 0 Å². The molecule has 0 aromatic carbocycles. The van der Waals surface area contributed by atoms with Gasteiger partial charge in [0, 0.05) is 33.0 Å². The van der Waals surface area contributed by atoms with Crippen LogP contribution in [0, 0.1) is 11.3 Å². The lowest BCUT2D eigenvalue weighted by molar-refractivity contribution is -0.135. The van der Waals surface area contributed by atoms with E-state index in [9.17, 15) is 9.59 Å². The number of nitrogens with zero attached hydrogens (tertiary/aromatic N) is 1. The van der Waals surface area contributed by atoms with Crippen LogP contribution in [0.5, 0.6) is 0 Å². The summed E-state index contributed by atoms with van der Waals surface area (Å²) in [6.45, 7) is 2.22. The average Bonchev–Trinajstić information content (AvgIpc) is 2.56. The third-order valence-electron chi connectivity index (χ3n) is 5.59. The molecule has 0 aromatic heterocycles. The molecule has 1 saturated heterocycles. The van der Waals surface area contributed by atoms with Crippen LogP contribution in [-0.2, 0) is 9.59 Å². The molecule has 1 aliphatic heterocycles. The van der Waals surface area contributed by atoms with Crippen LogP contribution < -0.4 is 11.1 Å². The van der Waals surface area contributed by atoms with Gasteiger partial charge < -0.3 is 16.0 Å². The lowest BCUT2D eigenvalue weighted by Gasteiger charge is -2.39. The van der Waals surface area contributed by atoms with Crippen LogP contribution in [0.25, 0.3) is 0 Å². The molecule has 2 fully saturated rings. The zero-order valence-corrected chi connectivity index (χ0v) is 15.1. The van der Waals surface area contributed by atoms with Crippen molar-refractivity contribution in [2.45, 2.75) is 57.8 Å². The smallest absolute Gasteiger partial charge is 0.223 e. The standard InChI is InChI=1S/C17H31N3O2.ClH/c1-19-15(21)11-14-5-9-20(10-6-14)16(22)12-17(13-18)7-3-2-4-8-17;/h14H,2-13,18H2,1H3,(H,19,21);1H. The number of hydrogen-bond donors (Lipinski definition) is 2. The maximum atomic E-state index is 12.6. The molecule has 2 amide bonds. The second-order valence-corrected chi connectivity index (χ2v) is 7.14. The molecule has 0 spiro atoms. The minimum absolute atomic E-state index is 0. The van der Waals surface area contributed by atoms with Gasteiger partial charge in [0.1, 0.15) is 0 Å². The Labute approximate surface area is 146 Å². The Morgan fingerprint density at radius 1 is 1.17 bits per heavy atom. The fourth-order valence-corrected chi connectivity index (χ4v) is 3.94. The van der Waals surface area contributed by atoms with Crippen molar-refractivity contribution in [2.75, 3.05) is 26.7 Å². The summed E-state index contributed by atoms with van der Waals surface area (Å²) in [6, 6.07) is 0. The Morgan fingerprint density at radius 3 is 2.30 bits per heavy atom. The number of hydrogen-bond acceptors (Lipinski definition) is 3. The molecule has 0 radical (unpaired) electrons. The molecule has 23 heavy (non-hydrogen) atoms. The molecule has 0 aromatic rings. The highest BCUT2D eigenvalue weighted by atomic mass is 35.5. The maximum Gasteiger partial charge on any atom is 0.223 e. The second kappa shape index (κ2) is 9.48. The molecular weight excluding hydrogens is 314 g/mol. The summed E-state index contributed by atoms with van der Waals surface area (Å²) >= 11 is 0. The highest BCUT2D eigenvalue weighted by Crippen LogP contribution is 2.39. The highest BCUT2D eigenvalue weighted by Gasteiger charge is 2.35. The third kappa shape index (κ3) is 5.64. The van der Waals surface area contributed by atoms with Crippen molar-refractivity contribution in [1.82, 2.24) is 10.2 Å². The zero-order chi connectivity index (χ0) is 16.0. The molecule has 0 unspecified atom stereocenters. The normalized spacial score (nSPS) is 21.4. The zero-order valence-electron chi connectivity index (χ0n) is 14.3. The van der Waals surface area contributed by atoms with Crippen LogP contribution in [-0.4, -0.2) is 43.4 Å². The number of carbonyl (C=O) groups is 2. The SMILES string of the molecule is CNC(=O)CC1CCN(C(=O)CC2(CN)CCCCC2)CC1.Cl. The van der Waals surface area contributed by atoms with E-state index in [0.717, 1.165) is 38.8 Å². The Balaban J connectivity index is 0.00000264. The highest BCUT2D eigenvalue weighted by molar-refractivity contribution is 5.85. The van der Waals surface area contributed by atoms with E-state index in [4.69, 9.17) is 5.73 Å². The summed E-state index contributed by atoms with van der Waals surface area (Å²) in [5, 5.41) is 2.68. The molecule has 0 atom stereocenters. The van der Waals surface area contributed by atoms with Crippen molar-refractivity contribution in [2.24, 2.45) is 17.1 Å². The van der Waals surface area contributed by atoms with Gasteiger partial charge in [-0.3, -0.25) is 9.59 Å². The van der Waals surface area contributed by atoms with Crippen molar-refractivity contribution < 1.29 is 9.59 Å². The number of nitrogens with one attached hydrogen (secondary N) is 1. The number of carbonyl (C=O) groups excluding carboxylic acids is 2. The summed E-state index contributed by atoms with van der Waals surface area (Å²) in [4.78, 5) is 26.0. The summed E-state index contributed by atoms with van der Waals surface area (Å²) in [5.41, 5.74) is 6.04. The number of likely N-dealkylation sites (tertiary alicyclic amines) is 1. The predicted molar refractivity (Wildman–Crippen MR) is 94.4 cm³/mol. The van der Waals surface area contributed by atoms with E-state index in [1.807, 2.05) is 4.90 Å². The van der Waals surface area contributed by atoms with Gasteiger partial charge in [0.05, 0.1) is 0 Å². The van der Waals surface area contributed by atoms with E-state index in [1.165, 1.54) is 19.3 Å². The Hall–Kier alpha value is -0.810. The third-order valence-corrected chi connectivity index (χ3v) is 5.59. The second-order valence-electron chi connectivity index (χ2n) is 7.14. The van der Waals surface area contributed by atoms with Crippen LogP contribution in [0.2, 0.25) is 0 Å². The van der Waals surface area contributed by atoms with Crippen LogP contribution in [0.15, 0.2) is 0 Å². The molecule has 2 aliphatic rings. The van der Waals surface area contributed by atoms with Gasteiger partial charge in [0.15, 0.2) is 0 Å². The number of nitrogens with two attached hydrogens (primary N) is 1. The van der Waals surface area contributed by atoms with Crippen LogP contribution in [0.4, 0.5) is 0 Å². The summed E-state index contributed by atoms with van der Waals surface area (Å²) in [7, 11) is 1.68. The minimum Gasteiger partial charge on any atom is -0.359 e. The molecule has 1 aliphatic carbocycles. The van der Waals surface area contributed by atoms with Gasteiger partial charge in [0.25, 0.3) is 0 Å². The number of rotatable bonds is 5. The fraction of sp³-hybridized carbons (Fsp3) is 0.882. The summed E-state index contributed by atoms with van der Waals surface area (Å²) in [6.07, 6.45) is 8.97. The van der Waals surface area contributed by atoms with Crippen LogP contribution >= 0.6 is 12.4 Å². The maximum absolute atomic E-state index is 12.6. The van der Waals surface area contributed by atoms with E-state index < -0.39 is 0 Å². The van der Waals surface area contributed by atoms with Crippen molar-refractivity contribution in [1.29, 1.82) is 0 Å². The number of piperidine rings is 1. The first kappa shape index (κ1) is 20.2. The van der Waals surface area contributed by atoms with E-state index >= 15 is 0 Å². The van der Waals surface area contributed by atoms with E-state index in [2.05, 4.69) is 5.32 Å². The first-order valence-corrected chi connectivity index (χ1v) is 8.77. The molecule has 3 N–H and O–H groups in total. The lowest BCUT2D eigenvalue weighted by Crippen LogP contribution is -2.44. The van der Waals surface area contributed by atoms with Gasteiger partial charge in [-0.25, -0.2) is 0 Å². The quantitative estimate of drug-likeness (QED) is 0.801. The molecule has 134 valence electrons. The van der Waals surface area contributed by atoms with Gasteiger partial charge >= 0.3 is 0 Å². The first-order valence-electron chi connectivity index (χ1n) is 8.77. The molecule has 1 saturated carbocycles. The van der Waals surface area contributed by atoms with Gasteiger partial charge in [-0.1, -0.05) is 19.3 Å². The van der Waals surface area contributed by atoms with Crippen molar-refractivity contribution in [3.8, 4) is 0 Å². The number of amides is 2. The monoisotopic (exact) mass is 345 g/mol.